The first-order chi connectivity index (χ1) is 8.40. The largest absolute Gasteiger partial charge is 0.395 e. The summed E-state index contributed by atoms with van der Waals surface area (Å²) in [4.78, 5) is 0.0645. The number of anilines is 1. The van der Waals surface area contributed by atoms with Gasteiger partial charge in [-0.15, -0.1) is 0 Å². The molecule has 2 atom stereocenters. The highest BCUT2D eigenvalue weighted by atomic mass is 32.2. The molecule has 0 fully saturated rings. The molecule has 0 spiro atoms. The molecule has 0 aliphatic carbocycles. The van der Waals surface area contributed by atoms with E-state index in [0.29, 0.717) is 5.69 Å². The van der Waals surface area contributed by atoms with Gasteiger partial charge in [0.25, 0.3) is 0 Å². The summed E-state index contributed by atoms with van der Waals surface area (Å²) in [6, 6.07) is 6.39. The molecule has 0 aliphatic heterocycles. The minimum absolute atomic E-state index is 0.0152. The zero-order chi connectivity index (χ0) is 13.8. The molecule has 0 bridgehead atoms. The van der Waals surface area contributed by atoms with Crippen LogP contribution in [0.1, 0.15) is 6.92 Å². The number of rotatable bonds is 6. The van der Waals surface area contributed by atoms with Crippen LogP contribution >= 0.6 is 11.8 Å². The van der Waals surface area contributed by atoms with Gasteiger partial charge in [0.05, 0.1) is 12.3 Å². The van der Waals surface area contributed by atoms with Gasteiger partial charge in [-0.3, -0.25) is 0 Å². The average Bonchev–Trinajstić information content (AvgIpc) is 2.30. The summed E-state index contributed by atoms with van der Waals surface area (Å²) < 4.78 is 22.9. The van der Waals surface area contributed by atoms with Crippen molar-refractivity contribution in [1.82, 2.24) is 0 Å². The van der Waals surface area contributed by atoms with Gasteiger partial charge in [-0.25, -0.2) is 13.6 Å². The third-order valence-corrected chi connectivity index (χ3v) is 4.75. The Labute approximate surface area is 112 Å². The van der Waals surface area contributed by atoms with Crippen LogP contribution in [0.15, 0.2) is 29.2 Å². The molecule has 0 heterocycles. The van der Waals surface area contributed by atoms with E-state index in [1.807, 2.05) is 13.2 Å². The van der Waals surface area contributed by atoms with E-state index in [2.05, 4.69) is 5.32 Å². The molecule has 4 N–H and O–H groups in total. The highest BCUT2D eigenvalue weighted by molar-refractivity contribution is 7.99. The number of hydrogen-bond acceptors (Lipinski definition) is 5. The van der Waals surface area contributed by atoms with Crippen LogP contribution < -0.4 is 10.5 Å². The first kappa shape index (κ1) is 15.3. The summed E-state index contributed by atoms with van der Waals surface area (Å²) in [5.74, 6) is 0. The zero-order valence-corrected chi connectivity index (χ0v) is 12.0. The highest BCUT2D eigenvalue weighted by Gasteiger charge is 2.19. The number of hydrogen-bond donors (Lipinski definition) is 3. The molecule has 102 valence electrons. The quantitative estimate of drug-likeness (QED) is 0.722. The van der Waals surface area contributed by atoms with E-state index >= 15 is 0 Å². The van der Waals surface area contributed by atoms with Crippen molar-refractivity contribution in [2.45, 2.75) is 23.1 Å². The molecule has 5 nitrogen and oxygen atoms in total. The van der Waals surface area contributed by atoms with Crippen molar-refractivity contribution < 1.29 is 13.5 Å². The number of primary sulfonamides is 1. The minimum atomic E-state index is -3.75. The Kier molecular flexibility index (Phi) is 5.46. The van der Waals surface area contributed by atoms with Crippen molar-refractivity contribution in [2.75, 3.05) is 18.2 Å². The molecule has 0 aromatic heterocycles. The zero-order valence-electron chi connectivity index (χ0n) is 10.3. The van der Waals surface area contributed by atoms with Gasteiger partial charge in [0, 0.05) is 11.3 Å². The first-order valence-electron chi connectivity index (χ1n) is 5.42. The second-order valence-corrected chi connectivity index (χ2v) is 6.54. The molecule has 0 radical (unpaired) electrons. The van der Waals surface area contributed by atoms with E-state index in [0.717, 1.165) is 0 Å². The van der Waals surface area contributed by atoms with Gasteiger partial charge in [0.2, 0.25) is 10.0 Å². The van der Waals surface area contributed by atoms with Gasteiger partial charge < -0.3 is 10.4 Å². The lowest BCUT2D eigenvalue weighted by Crippen LogP contribution is -2.31. The molecule has 18 heavy (non-hydrogen) atoms. The van der Waals surface area contributed by atoms with Crippen LogP contribution in [0, 0.1) is 0 Å². The Morgan fingerprint density at radius 2 is 2.06 bits per heavy atom. The van der Waals surface area contributed by atoms with Crippen molar-refractivity contribution >= 4 is 27.5 Å². The Hall–Kier alpha value is -0.760. The van der Waals surface area contributed by atoms with Crippen LogP contribution in [-0.2, 0) is 10.0 Å². The summed E-state index contributed by atoms with van der Waals surface area (Å²) in [6.45, 7) is 1.91. The molecule has 0 saturated heterocycles. The van der Waals surface area contributed by atoms with E-state index in [1.54, 1.807) is 18.2 Å². The molecule has 7 heteroatoms. The topological polar surface area (TPSA) is 92.4 Å². The number of nitrogens with one attached hydrogen (secondary N) is 1. The maximum atomic E-state index is 11.4. The fourth-order valence-corrected chi connectivity index (χ4v) is 2.94. The number of sulfonamides is 1. The minimum Gasteiger partial charge on any atom is -0.395 e. The van der Waals surface area contributed by atoms with Crippen LogP contribution in [0.2, 0.25) is 0 Å². The molecule has 1 rings (SSSR count). The summed E-state index contributed by atoms with van der Waals surface area (Å²) in [5.41, 5.74) is 0.458. The van der Waals surface area contributed by atoms with Crippen molar-refractivity contribution in [3.05, 3.63) is 24.3 Å². The smallest absolute Gasteiger partial charge is 0.240 e. The molecular formula is C11H18N2O3S2. The normalized spacial score (nSPS) is 15.1. The number of para-hydroxylation sites is 1. The summed E-state index contributed by atoms with van der Waals surface area (Å²) in [7, 11) is -3.75. The molecular weight excluding hydrogens is 272 g/mol. The van der Waals surface area contributed by atoms with Crippen LogP contribution in [0.25, 0.3) is 0 Å². The third kappa shape index (κ3) is 3.88. The fraction of sp³-hybridized carbons (Fsp3) is 0.455. The number of nitrogens with two attached hydrogens (primary N) is 1. The summed E-state index contributed by atoms with van der Waals surface area (Å²) in [6.07, 6.45) is 1.89. The third-order valence-electron chi connectivity index (χ3n) is 2.62. The maximum Gasteiger partial charge on any atom is 0.240 e. The van der Waals surface area contributed by atoms with Crippen molar-refractivity contribution in [3.8, 4) is 0 Å². The second-order valence-electron chi connectivity index (χ2n) is 3.93. The lowest BCUT2D eigenvalue weighted by atomic mass is 10.2. The summed E-state index contributed by atoms with van der Waals surface area (Å²) in [5, 5.41) is 17.4. The Bertz CT molecular complexity index is 487. The predicted molar refractivity (Wildman–Crippen MR) is 75.3 cm³/mol. The van der Waals surface area contributed by atoms with Gasteiger partial charge in [0.1, 0.15) is 4.90 Å². The van der Waals surface area contributed by atoms with E-state index < -0.39 is 10.0 Å². The lowest BCUT2D eigenvalue weighted by molar-refractivity contribution is 0.288. The van der Waals surface area contributed by atoms with E-state index in [1.165, 1.54) is 17.8 Å². The van der Waals surface area contributed by atoms with Gasteiger partial charge >= 0.3 is 0 Å². The molecule has 1 aromatic rings. The number of benzene rings is 1. The van der Waals surface area contributed by atoms with Gasteiger partial charge in [-0.2, -0.15) is 11.8 Å². The van der Waals surface area contributed by atoms with Crippen LogP contribution in [-0.4, -0.2) is 37.7 Å². The SMILES string of the molecule is CSC(CO)C(C)Nc1ccccc1S(N)(=O)=O. The van der Waals surface area contributed by atoms with Crippen molar-refractivity contribution in [3.63, 3.8) is 0 Å². The maximum absolute atomic E-state index is 11.4. The number of aliphatic hydroxyl groups is 1. The Morgan fingerprint density at radius 3 is 2.56 bits per heavy atom. The van der Waals surface area contributed by atoms with E-state index in [9.17, 15) is 13.5 Å². The van der Waals surface area contributed by atoms with E-state index in [4.69, 9.17) is 5.14 Å². The Morgan fingerprint density at radius 1 is 1.44 bits per heavy atom. The second kappa shape index (κ2) is 6.42. The van der Waals surface area contributed by atoms with Crippen molar-refractivity contribution in [2.24, 2.45) is 5.14 Å². The molecule has 0 aliphatic rings. The van der Waals surface area contributed by atoms with Crippen molar-refractivity contribution in [1.29, 1.82) is 0 Å². The fourth-order valence-electron chi connectivity index (χ4n) is 1.61. The van der Waals surface area contributed by atoms with Gasteiger partial charge in [0.15, 0.2) is 0 Å². The lowest BCUT2D eigenvalue weighted by Gasteiger charge is -2.23. The molecule has 1 aromatic carbocycles. The number of aliphatic hydroxyl groups excluding tert-OH is 1. The van der Waals surface area contributed by atoms with Gasteiger partial charge in [-0.05, 0) is 25.3 Å². The molecule has 2 unspecified atom stereocenters. The average molecular weight is 290 g/mol. The molecule has 0 amide bonds. The summed E-state index contributed by atoms with van der Waals surface area (Å²) >= 11 is 1.52. The standard InChI is InChI=1S/C11H18N2O3S2/c1-8(10(7-14)17-2)13-9-5-3-4-6-11(9)18(12,15)16/h3-6,8,10,13-14H,7H2,1-2H3,(H2,12,15,16). The number of thioether (sulfide) groups is 1. The van der Waals surface area contributed by atoms with Crippen LogP contribution in [0.5, 0.6) is 0 Å². The van der Waals surface area contributed by atoms with E-state index in [-0.39, 0.29) is 22.8 Å². The molecule has 0 saturated carbocycles. The predicted octanol–water partition coefficient (Wildman–Crippen LogP) is 0.858. The van der Waals surface area contributed by atoms with Gasteiger partial charge in [-0.1, -0.05) is 12.1 Å². The first-order valence-corrected chi connectivity index (χ1v) is 8.25. The monoisotopic (exact) mass is 290 g/mol. The highest BCUT2D eigenvalue weighted by Crippen LogP contribution is 2.22. The van der Waals surface area contributed by atoms with Crippen LogP contribution in [0.3, 0.4) is 0 Å². The Balaban J connectivity index is 2.98. The van der Waals surface area contributed by atoms with Crippen LogP contribution in [0.4, 0.5) is 5.69 Å².